The van der Waals surface area contributed by atoms with Crippen molar-refractivity contribution in [3.05, 3.63) is 88.1 Å². The molecule has 11 rings (SSSR count). The van der Waals surface area contributed by atoms with E-state index in [4.69, 9.17) is 28.9 Å². The number of nitrogens with one attached hydrogen (secondary N) is 4. The Hall–Kier alpha value is -6.73. The van der Waals surface area contributed by atoms with Crippen molar-refractivity contribution in [2.24, 2.45) is 11.8 Å². The van der Waals surface area contributed by atoms with Crippen LogP contribution in [0.2, 0.25) is 0 Å². The Kier molecular flexibility index (Phi) is 14.0. The summed E-state index contributed by atoms with van der Waals surface area (Å²) in [6.45, 7) is 8.79. The highest BCUT2D eigenvalue weighted by atomic mass is 32.1. The van der Waals surface area contributed by atoms with Gasteiger partial charge in [0.05, 0.1) is 83.9 Å². The standard InChI is InChI=1S/C56H66FN9O8S/c1-29(2)48(62-55(69)71-5)52(67)64-19-9-13-41(64)51-59-28-39(61-51)34-24-37(57)47-43-25-35-23-33(15-16-40(35)66(43)54(74-44(47)26-34)46-18-17-45(75-46)32-11-7-8-12-32)38-27-58-50(60-38)42-14-10-20-65(42)53(68)49(63-56(70)72-6)36-21-30(3)73-31(4)22-36/h15-18,23-32,36,41-42,48-49,54H,7-14,19-22H2,1-6H3,(H,58,60)(H,59,61)(H,62,69)(H,63,70)/t30-,31+,36?,41-,42-,48-,49?,54?/m0/s1. The Balaban J connectivity index is 0.902. The van der Waals surface area contributed by atoms with Crippen LogP contribution in [0.1, 0.15) is 138 Å². The Bertz CT molecular complexity index is 3110. The lowest BCUT2D eigenvalue weighted by Crippen LogP contribution is -2.54. The predicted octanol–water partition coefficient (Wildman–Crippen LogP) is 10.5. The fraction of sp³-hybridized carbons (Fsp3) is 0.500. The topological polar surface area (TPSA) is 198 Å². The molecule has 4 amide bonds. The third-order valence-corrected chi connectivity index (χ3v) is 17.4. The SMILES string of the molecule is COC(=O)NC(C(=O)N1CCC[C@H]1c1ncc(-c2ccc3c(c2)cc2n3C(c3ccc(C4CCCC4)s3)Oc3cc(-c4cnc([C@@H]5CCCN5C(=O)[C@@H](NC(=O)OC)C(C)C)[nH]4)cc(F)c3-2)[nH]1)C1C[C@@H](C)O[C@@H](C)C1. The molecule has 1 aliphatic carbocycles. The molecule has 4 aliphatic heterocycles. The van der Waals surface area contributed by atoms with Crippen molar-refractivity contribution in [3.63, 3.8) is 0 Å². The summed E-state index contributed by atoms with van der Waals surface area (Å²) in [6, 6.07) is 13.7. The third kappa shape index (κ3) is 9.66. The van der Waals surface area contributed by atoms with Gasteiger partial charge in [0.15, 0.2) is 0 Å². The molecule has 0 radical (unpaired) electrons. The van der Waals surface area contributed by atoms with Crippen molar-refractivity contribution in [2.45, 2.75) is 140 Å². The number of amides is 4. The van der Waals surface area contributed by atoms with Crippen LogP contribution < -0.4 is 15.4 Å². The molecule has 8 heterocycles. The Morgan fingerprint density at radius 3 is 2.04 bits per heavy atom. The largest absolute Gasteiger partial charge is 0.464 e. The maximum absolute atomic E-state index is 17.1. The van der Waals surface area contributed by atoms with E-state index in [0.717, 1.165) is 52.7 Å². The number of carbonyl (C=O) groups excluding carboxylic acids is 4. The second kappa shape index (κ2) is 20.8. The molecule has 3 unspecified atom stereocenters. The lowest BCUT2D eigenvalue weighted by molar-refractivity contribution is -0.138. The molecule has 4 aromatic heterocycles. The zero-order chi connectivity index (χ0) is 52.2. The molecular weight excluding hydrogens is 978 g/mol. The summed E-state index contributed by atoms with van der Waals surface area (Å²) in [7, 11) is 2.58. The molecule has 5 aliphatic rings. The summed E-state index contributed by atoms with van der Waals surface area (Å²) in [5.74, 6) is 1.05. The maximum Gasteiger partial charge on any atom is 0.407 e. The zero-order valence-corrected chi connectivity index (χ0v) is 44.1. The van der Waals surface area contributed by atoms with Crippen LogP contribution >= 0.6 is 11.3 Å². The van der Waals surface area contributed by atoms with E-state index < -0.39 is 36.3 Å². The monoisotopic (exact) mass is 1040 g/mol. The van der Waals surface area contributed by atoms with Gasteiger partial charge in [-0.1, -0.05) is 32.8 Å². The number of ether oxygens (including phenoxy) is 4. The first-order valence-corrected chi connectivity index (χ1v) is 27.4. The normalized spacial score (nSPS) is 23.5. The number of aromatic amines is 2. The fourth-order valence-corrected chi connectivity index (χ4v) is 13.7. The molecule has 17 nitrogen and oxygen atoms in total. The molecule has 6 aromatic rings. The first kappa shape index (κ1) is 50.4. The summed E-state index contributed by atoms with van der Waals surface area (Å²) in [5, 5.41) is 6.46. The van der Waals surface area contributed by atoms with E-state index in [2.05, 4.69) is 49.4 Å². The van der Waals surface area contributed by atoms with E-state index in [1.165, 1.54) is 38.0 Å². The number of hydrogen-bond acceptors (Lipinski definition) is 11. The van der Waals surface area contributed by atoms with Crippen LogP contribution in [0.3, 0.4) is 0 Å². The lowest BCUT2D eigenvalue weighted by atomic mass is 9.85. The minimum Gasteiger partial charge on any atom is -0.464 e. The number of rotatable bonds is 12. The van der Waals surface area contributed by atoms with Gasteiger partial charge in [0, 0.05) is 34.5 Å². The van der Waals surface area contributed by atoms with Crippen molar-refractivity contribution in [3.8, 4) is 39.5 Å². The average molecular weight is 1040 g/mol. The summed E-state index contributed by atoms with van der Waals surface area (Å²) in [6.07, 6.45) is 10.5. The first-order valence-electron chi connectivity index (χ1n) is 26.6. The number of methoxy groups -OCH3 is 2. The van der Waals surface area contributed by atoms with E-state index in [9.17, 15) is 19.2 Å². The molecule has 0 spiro atoms. The second-order valence-corrected chi connectivity index (χ2v) is 22.5. The summed E-state index contributed by atoms with van der Waals surface area (Å²) in [4.78, 5) is 75.7. The Morgan fingerprint density at radius 1 is 0.760 bits per heavy atom. The number of imidazole rings is 2. The van der Waals surface area contributed by atoms with Crippen LogP contribution in [-0.2, 0) is 23.8 Å². The van der Waals surface area contributed by atoms with Gasteiger partial charge < -0.3 is 49.3 Å². The van der Waals surface area contributed by atoms with Crippen molar-refractivity contribution in [2.75, 3.05) is 27.3 Å². The quantitative estimate of drug-likeness (QED) is 0.0915. The Morgan fingerprint density at radius 2 is 1.39 bits per heavy atom. The highest BCUT2D eigenvalue weighted by molar-refractivity contribution is 7.12. The highest BCUT2D eigenvalue weighted by Gasteiger charge is 2.43. The van der Waals surface area contributed by atoms with Crippen LogP contribution in [0.4, 0.5) is 14.0 Å². The van der Waals surface area contributed by atoms with Gasteiger partial charge in [-0.2, -0.15) is 0 Å². The molecule has 3 saturated heterocycles. The van der Waals surface area contributed by atoms with Gasteiger partial charge in [-0.05, 0) is 125 Å². The number of H-pyrrole nitrogens is 2. The second-order valence-electron chi connectivity index (χ2n) is 21.4. The molecule has 75 heavy (non-hydrogen) atoms. The molecule has 0 bridgehead atoms. The van der Waals surface area contributed by atoms with Gasteiger partial charge in [0.25, 0.3) is 0 Å². The molecule has 8 atom stereocenters. The predicted molar refractivity (Wildman–Crippen MR) is 280 cm³/mol. The smallest absolute Gasteiger partial charge is 0.407 e. The number of aromatic nitrogens is 5. The number of alkyl carbamates (subject to hydrolysis) is 2. The van der Waals surface area contributed by atoms with E-state index in [1.807, 2.05) is 50.8 Å². The number of halogens is 1. The Labute approximate surface area is 439 Å². The maximum atomic E-state index is 17.1. The van der Waals surface area contributed by atoms with Crippen LogP contribution in [0, 0.1) is 17.7 Å². The van der Waals surface area contributed by atoms with Gasteiger partial charge in [0.2, 0.25) is 18.0 Å². The summed E-state index contributed by atoms with van der Waals surface area (Å²) in [5.41, 5.74) is 4.71. The molecule has 4 N–H and O–H groups in total. The lowest BCUT2D eigenvalue weighted by Gasteiger charge is -2.38. The zero-order valence-electron chi connectivity index (χ0n) is 43.3. The van der Waals surface area contributed by atoms with Gasteiger partial charge in [-0.3, -0.25) is 14.2 Å². The number of fused-ring (bicyclic) bond motifs is 5. The van der Waals surface area contributed by atoms with Gasteiger partial charge in [-0.25, -0.2) is 23.9 Å². The van der Waals surface area contributed by atoms with Gasteiger partial charge in [0.1, 0.15) is 35.3 Å². The molecular formula is C56H66FN9O8S. The number of likely N-dealkylation sites (tertiary alicyclic amines) is 2. The molecule has 396 valence electrons. The van der Waals surface area contributed by atoms with Crippen molar-refractivity contribution in [1.82, 2.24) is 44.9 Å². The van der Waals surface area contributed by atoms with E-state index in [1.54, 1.807) is 28.6 Å². The van der Waals surface area contributed by atoms with Crippen LogP contribution in [0.25, 0.3) is 44.7 Å². The fourth-order valence-electron chi connectivity index (χ4n) is 12.5. The van der Waals surface area contributed by atoms with E-state index in [0.29, 0.717) is 84.6 Å². The molecule has 4 fully saturated rings. The number of hydrogen-bond donors (Lipinski definition) is 4. The molecule has 2 aromatic carbocycles. The summed E-state index contributed by atoms with van der Waals surface area (Å²) < 4.78 is 42.0. The molecule has 19 heteroatoms. The van der Waals surface area contributed by atoms with Crippen LogP contribution in [0.15, 0.2) is 60.9 Å². The minimum atomic E-state index is -0.772. The van der Waals surface area contributed by atoms with E-state index >= 15 is 4.39 Å². The van der Waals surface area contributed by atoms with Crippen molar-refractivity contribution >= 4 is 46.2 Å². The highest BCUT2D eigenvalue weighted by Crippen LogP contribution is 2.50. The van der Waals surface area contributed by atoms with E-state index in [-0.39, 0.29) is 47.9 Å². The third-order valence-electron chi connectivity index (χ3n) is 16.1. The van der Waals surface area contributed by atoms with Crippen LogP contribution in [0.5, 0.6) is 5.75 Å². The summed E-state index contributed by atoms with van der Waals surface area (Å²) >= 11 is 1.76. The number of thiophene rings is 1. The van der Waals surface area contributed by atoms with Crippen molar-refractivity contribution < 1.29 is 42.5 Å². The minimum absolute atomic E-state index is 0.0500. The molecule has 1 saturated carbocycles. The number of nitrogens with zero attached hydrogens (tertiary/aromatic N) is 5. The van der Waals surface area contributed by atoms with Gasteiger partial charge >= 0.3 is 12.2 Å². The average Bonchev–Trinajstić information content (AvgIpc) is 4.26. The first-order chi connectivity index (χ1) is 36.3. The van der Waals surface area contributed by atoms with Gasteiger partial charge in [-0.15, -0.1) is 11.3 Å². The van der Waals surface area contributed by atoms with Crippen LogP contribution in [-0.4, -0.2) is 110 Å². The number of benzene rings is 2. The number of carbonyl (C=O) groups is 4. The van der Waals surface area contributed by atoms with Crippen molar-refractivity contribution in [1.29, 1.82) is 0 Å².